The Morgan fingerprint density at radius 2 is 1.92 bits per heavy atom. The topological polar surface area (TPSA) is 0 Å². The van der Waals surface area contributed by atoms with Gasteiger partial charge in [0.05, 0.1) is 0 Å². The van der Waals surface area contributed by atoms with E-state index in [4.69, 9.17) is 0 Å². The van der Waals surface area contributed by atoms with Crippen molar-refractivity contribution in [1.29, 1.82) is 0 Å². The molecule has 72 valence electrons. The van der Waals surface area contributed by atoms with Crippen molar-refractivity contribution < 1.29 is 0 Å². The first-order valence-corrected chi connectivity index (χ1v) is 5.46. The van der Waals surface area contributed by atoms with Gasteiger partial charge in [0.25, 0.3) is 0 Å². The van der Waals surface area contributed by atoms with Gasteiger partial charge in [-0.25, -0.2) is 0 Å². The molecular weight excluding hydrogens is 144 g/mol. The van der Waals surface area contributed by atoms with Gasteiger partial charge in [-0.1, -0.05) is 47.5 Å². The minimum Gasteiger partial charge on any atom is -0.0654 e. The maximum Gasteiger partial charge on any atom is -0.0289 e. The quantitative estimate of drug-likeness (QED) is 0.588. The van der Waals surface area contributed by atoms with Crippen LogP contribution in [0, 0.1) is 16.7 Å². The van der Waals surface area contributed by atoms with E-state index in [1.54, 1.807) is 0 Å². The summed E-state index contributed by atoms with van der Waals surface area (Å²) in [5.74, 6) is 0.995. The molecule has 0 aromatic carbocycles. The molecule has 0 saturated heterocycles. The standard InChI is InChI=1S/C12H24/c1-6-8-12(5)9-10(12)11(3,4)7-2/h10H,6-9H2,1-5H3. The number of hydrogen-bond donors (Lipinski definition) is 0. The lowest BCUT2D eigenvalue weighted by atomic mass is 9.80. The molecule has 0 aromatic heterocycles. The van der Waals surface area contributed by atoms with Gasteiger partial charge in [-0.15, -0.1) is 0 Å². The summed E-state index contributed by atoms with van der Waals surface area (Å²) in [6.07, 6.45) is 5.59. The highest BCUT2D eigenvalue weighted by Gasteiger charge is 2.55. The highest BCUT2D eigenvalue weighted by molar-refractivity contribution is 5.04. The SMILES string of the molecule is CCCC1(C)CC1C(C)(C)CC. The summed E-state index contributed by atoms with van der Waals surface area (Å²) in [6, 6.07) is 0. The van der Waals surface area contributed by atoms with Crippen molar-refractivity contribution >= 4 is 0 Å². The van der Waals surface area contributed by atoms with E-state index >= 15 is 0 Å². The molecule has 0 heteroatoms. The Bertz CT molecular complexity index is 157. The van der Waals surface area contributed by atoms with Gasteiger partial charge in [-0.2, -0.15) is 0 Å². The predicted molar refractivity (Wildman–Crippen MR) is 55.2 cm³/mol. The van der Waals surface area contributed by atoms with E-state index in [9.17, 15) is 0 Å². The molecule has 2 atom stereocenters. The molecule has 0 N–H and O–H groups in total. The van der Waals surface area contributed by atoms with Crippen LogP contribution in [0.15, 0.2) is 0 Å². The highest BCUT2D eigenvalue weighted by Crippen LogP contribution is 2.63. The van der Waals surface area contributed by atoms with Crippen LogP contribution in [-0.2, 0) is 0 Å². The Morgan fingerprint density at radius 3 is 2.33 bits per heavy atom. The molecule has 0 spiro atoms. The maximum absolute atomic E-state index is 2.47. The van der Waals surface area contributed by atoms with Gasteiger partial charge < -0.3 is 0 Å². The fourth-order valence-corrected chi connectivity index (χ4v) is 2.72. The summed E-state index contributed by atoms with van der Waals surface area (Å²) in [4.78, 5) is 0. The normalized spacial score (nSPS) is 35.2. The smallest absolute Gasteiger partial charge is 0.0289 e. The van der Waals surface area contributed by atoms with Gasteiger partial charge in [0.15, 0.2) is 0 Å². The largest absolute Gasteiger partial charge is 0.0654 e. The fourth-order valence-electron chi connectivity index (χ4n) is 2.72. The molecular formula is C12H24. The van der Waals surface area contributed by atoms with E-state index in [1.165, 1.54) is 25.7 Å². The molecule has 1 aliphatic carbocycles. The molecule has 0 heterocycles. The minimum absolute atomic E-state index is 0.587. The van der Waals surface area contributed by atoms with Crippen LogP contribution in [0.4, 0.5) is 0 Å². The molecule has 0 nitrogen and oxygen atoms in total. The molecule has 0 amide bonds. The molecule has 0 radical (unpaired) electrons. The van der Waals surface area contributed by atoms with Crippen molar-refractivity contribution in [3.63, 3.8) is 0 Å². The fraction of sp³-hybridized carbons (Fsp3) is 1.00. The first kappa shape index (κ1) is 10.1. The molecule has 1 fully saturated rings. The average molecular weight is 168 g/mol. The highest BCUT2D eigenvalue weighted by atomic mass is 14.6. The van der Waals surface area contributed by atoms with Crippen molar-refractivity contribution in [3.05, 3.63) is 0 Å². The van der Waals surface area contributed by atoms with E-state index < -0.39 is 0 Å². The van der Waals surface area contributed by atoms with Gasteiger partial charge in [0.2, 0.25) is 0 Å². The summed E-state index contributed by atoms with van der Waals surface area (Å²) in [7, 11) is 0. The molecule has 1 aliphatic rings. The molecule has 12 heavy (non-hydrogen) atoms. The molecule has 0 aromatic rings. The zero-order valence-electron chi connectivity index (χ0n) is 9.41. The summed E-state index contributed by atoms with van der Waals surface area (Å²) >= 11 is 0. The van der Waals surface area contributed by atoms with Crippen molar-refractivity contribution in [1.82, 2.24) is 0 Å². The Kier molecular flexibility index (Phi) is 2.56. The molecule has 1 saturated carbocycles. The van der Waals surface area contributed by atoms with Gasteiger partial charge in [0.1, 0.15) is 0 Å². The van der Waals surface area contributed by atoms with Crippen LogP contribution in [0.2, 0.25) is 0 Å². The third kappa shape index (κ3) is 1.67. The first-order valence-electron chi connectivity index (χ1n) is 5.46. The van der Waals surface area contributed by atoms with Gasteiger partial charge in [-0.05, 0) is 29.6 Å². The predicted octanol–water partition coefficient (Wildman–Crippen LogP) is 4.25. The van der Waals surface area contributed by atoms with E-state index in [0.29, 0.717) is 10.8 Å². The lowest BCUT2D eigenvalue weighted by Crippen LogP contribution is -2.17. The van der Waals surface area contributed by atoms with Crippen molar-refractivity contribution in [2.45, 2.75) is 60.3 Å². The van der Waals surface area contributed by atoms with Crippen LogP contribution >= 0.6 is 0 Å². The summed E-state index contributed by atoms with van der Waals surface area (Å²) in [5.41, 5.74) is 1.29. The van der Waals surface area contributed by atoms with E-state index in [1.807, 2.05) is 0 Å². The van der Waals surface area contributed by atoms with Gasteiger partial charge >= 0.3 is 0 Å². The zero-order chi connectivity index (χ0) is 9.41. The van der Waals surface area contributed by atoms with Gasteiger partial charge in [-0.3, -0.25) is 0 Å². The molecule has 0 aliphatic heterocycles. The Morgan fingerprint density at radius 1 is 1.33 bits per heavy atom. The van der Waals surface area contributed by atoms with Crippen molar-refractivity contribution in [3.8, 4) is 0 Å². The molecule has 1 rings (SSSR count). The van der Waals surface area contributed by atoms with Crippen molar-refractivity contribution in [2.24, 2.45) is 16.7 Å². The third-order valence-corrected chi connectivity index (χ3v) is 4.03. The second-order valence-corrected chi connectivity index (χ2v) is 5.50. The Balaban J connectivity index is 2.50. The zero-order valence-corrected chi connectivity index (χ0v) is 9.41. The molecule has 2 unspecified atom stereocenters. The van der Waals surface area contributed by atoms with E-state index in [2.05, 4.69) is 34.6 Å². The maximum atomic E-state index is 2.47. The van der Waals surface area contributed by atoms with Crippen LogP contribution in [0.1, 0.15) is 60.3 Å². The van der Waals surface area contributed by atoms with Crippen LogP contribution < -0.4 is 0 Å². The van der Waals surface area contributed by atoms with Crippen LogP contribution in [-0.4, -0.2) is 0 Å². The molecule has 0 bridgehead atoms. The monoisotopic (exact) mass is 168 g/mol. The van der Waals surface area contributed by atoms with E-state index in [-0.39, 0.29) is 0 Å². The number of hydrogen-bond acceptors (Lipinski definition) is 0. The van der Waals surface area contributed by atoms with Gasteiger partial charge in [0, 0.05) is 0 Å². The van der Waals surface area contributed by atoms with Crippen molar-refractivity contribution in [2.75, 3.05) is 0 Å². The summed E-state index contributed by atoms with van der Waals surface area (Å²) < 4.78 is 0. The second kappa shape index (κ2) is 3.05. The minimum atomic E-state index is 0.587. The first-order chi connectivity index (χ1) is 5.46. The Hall–Kier alpha value is 0. The third-order valence-electron chi connectivity index (χ3n) is 4.03. The van der Waals surface area contributed by atoms with E-state index in [0.717, 1.165) is 5.92 Å². The average Bonchev–Trinajstić information content (AvgIpc) is 2.64. The van der Waals surface area contributed by atoms with Crippen LogP contribution in [0.25, 0.3) is 0 Å². The number of rotatable bonds is 4. The lowest BCUT2D eigenvalue weighted by molar-refractivity contribution is 0.243. The second-order valence-electron chi connectivity index (χ2n) is 5.50. The van der Waals surface area contributed by atoms with Crippen LogP contribution in [0.5, 0.6) is 0 Å². The summed E-state index contributed by atoms with van der Waals surface area (Å²) in [5, 5.41) is 0. The van der Waals surface area contributed by atoms with Crippen LogP contribution in [0.3, 0.4) is 0 Å². The Labute approximate surface area is 77.7 Å². The summed E-state index contributed by atoms with van der Waals surface area (Å²) in [6.45, 7) is 12.0. The lowest BCUT2D eigenvalue weighted by Gasteiger charge is -2.25.